The lowest BCUT2D eigenvalue weighted by atomic mass is 10.0. The molecule has 2 amide bonds. The molecular weight excluding hydrogens is 352 g/mol. The number of benzene rings is 2. The normalized spacial score (nSPS) is 11.3. The Morgan fingerprint density at radius 3 is 2.19 bits per heavy atom. The first-order valence-corrected chi connectivity index (χ1v) is 8.00. The van der Waals surface area contributed by atoms with E-state index in [1.54, 1.807) is 12.1 Å². The molecule has 0 radical (unpaired) electrons. The molecule has 0 bridgehead atoms. The predicted molar refractivity (Wildman–Crippen MR) is 96.7 cm³/mol. The van der Waals surface area contributed by atoms with Gasteiger partial charge in [-0.3, -0.25) is 9.59 Å². The Balaban J connectivity index is 2.11. The van der Waals surface area contributed by atoms with Crippen LogP contribution in [0.5, 0.6) is 0 Å². The maximum atomic E-state index is 12.4. The zero-order chi connectivity index (χ0) is 20.0. The third-order valence-electron chi connectivity index (χ3n) is 3.69. The summed E-state index contributed by atoms with van der Waals surface area (Å²) in [5.74, 6) is -3.19. The molecule has 1 atom stereocenters. The van der Waals surface area contributed by atoms with Gasteiger partial charge in [-0.25, -0.2) is 9.59 Å². The third kappa shape index (κ3) is 5.67. The number of carbonyl (C=O) groups is 4. The van der Waals surface area contributed by atoms with Crippen molar-refractivity contribution in [2.24, 2.45) is 0 Å². The highest BCUT2D eigenvalue weighted by atomic mass is 16.4. The fraction of sp³-hybridized carbons (Fsp3) is 0.158. The number of nitrogens with one attached hydrogen (secondary N) is 2. The average molecular weight is 370 g/mol. The Labute approximate surface area is 154 Å². The average Bonchev–Trinajstić information content (AvgIpc) is 2.61. The van der Waals surface area contributed by atoms with Gasteiger partial charge in [0.1, 0.15) is 6.04 Å². The van der Waals surface area contributed by atoms with Crippen molar-refractivity contribution < 1.29 is 29.4 Å². The summed E-state index contributed by atoms with van der Waals surface area (Å²) in [5.41, 5.74) is 1.28. The van der Waals surface area contributed by atoms with E-state index in [-0.39, 0.29) is 23.5 Å². The lowest BCUT2D eigenvalue weighted by Crippen LogP contribution is -2.42. The van der Waals surface area contributed by atoms with Crippen LogP contribution in [0.15, 0.2) is 48.5 Å². The second-order valence-corrected chi connectivity index (χ2v) is 5.83. The fourth-order valence-corrected chi connectivity index (χ4v) is 2.40. The monoisotopic (exact) mass is 370 g/mol. The first-order chi connectivity index (χ1) is 12.8. The molecule has 0 saturated carbocycles. The van der Waals surface area contributed by atoms with Crippen LogP contribution in [0.25, 0.3) is 0 Å². The molecule has 4 N–H and O–H groups in total. The minimum absolute atomic E-state index is 0.00758. The van der Waals surface area contributed by atoms with Crippen molar-refractivity contribution in [2.45, 2.75) is 19.4 Å². The van der Waals surface area contributed by atoms with Crippen LogP contribution >= 0.6 is 0 Å². The number of amides is 2. The second kappa shape index (κ2) is 8.61. The Hall–Kier alpha value is -3.68. The van der Waals surface area contributed by atoms with E-state index in [1.807, 2.05) is 0 Å². The van der Waals surface area contributed by atoms with Crippen molar-refractivity contribution >= 4 is 29.4 Å². The molecule has 8 heteroatoms. The molecule has 0 aliphatic rings. The van der Waals surface area contributed by atoms with Crippen molar-refractivity contribution in [3.05, 3.63) is 65.2 Å². The second-order valence-electron chi connectivity index (χ2n) is 5.83. The zero-order valence-electron chi connectivity index (χ0n) is 14.4. The maximum absolute atomic E-state index is 12.4. The van der Waals surface area contributed by atoms with Crippen LogP contribution in [0.3, 0.4) is 0 Å². The van der Waals surface area contributed by atoms with Gasteiger partial charge in [0.25, 0.3) is 5.91 Å². The van der Waals surface area contributed by atoms with Crippen LogP contribution < -0.4 is 10.6 Å². The molecule has 2 aromatic rings. The number of hydrogen-bond donors (Lipinski definition) is 4. The number of hydrogen-bond acceptors (Lipinski definition) is 4. The Bertz CT molecular complexity index is 876. The number of aromatic carboxylic acids is 1. The standard InChI is InChI=1S/C19H18N2O6/c1-11(22)20-15-4-2-3-14(10-15)17(23)21-16(19(26)27)9-12-5-7-13(8-6-12)18(24)25/h2-8,10,16H,9H2,1H3,(H,20,22)(H,21,23)(H,24,25)(H,26,27)/t16-/m1/s1. The van der Waals surface area contributed by atoms with E-state index in [2.05, 4.69) is 10.6 Å². The summed E-state index contributed by atoms with van der Waals surface area (Å²) in [6, 6.07) is 10.7. The molecule has 140 valence electrons. The largest absolute Gasteiger partial charge is 0.480 e. The maximum Gasteiger partial charge on any atom is 0.335 e. The molecule has 2 aromatic carbocycles. The summed E-state index contributed by atoms with van der Waals surface area (Å²) in [5, 5.41) is 23.3. The summed E-state index contributed by atoms with van der Waals surface area (Å²) < 4.78 is 0. The highest BCUT2D eigenvalue weighted by molar-refractivity contribution is 5.98. The van der Waals surface area contributed by atoms with Crippen LogP contribution in [0.4, 0.5) is 5.69 Å². The van der Waals surface area contributed by atoms with Gasteiger partial charge in [0.05, 0.1) is 5.56 Å². The van der Waals surface area contributed by atoms with Gasteiger partial charge in [0.15, 0.2) is 0 Å². The number of aliphatic carboxylic acids is 1. The van der Waals surface area contributed by atoms with Gasteiger partial charge < -0.3 is 20.8 Å². The molecule has 0 aromatic heterocycles. The van der Waals surface area contributed by atoms with Gasteiger partial charge in [-0.05, 0) is 35.9 Å². The molecule has 8 nitrogen and oxygen atoms in total. The summed E-state index contributed by atoms with van der Waals surface area (Å²) in [4.78, 5) is 45.8. The minimum Gasteiger partial charge on any atom is -0.480 e. The third-order valence-corrected chi connectivity index (χ3v) is 3.69. The van der Waals surface area contributed by atoms with Gasteiger partial charge in [0.2, 0.25) is 5.91 Å². The molecule has 0 spiro atoms. The molecule has 0 saturated heterocycles. The fourth-order valence-electron chi connectivity index (χ4n) is 2.40. The predicted octanol–water partition coefficient (Wildman–Crippen LogP) is 1.77. The molecule has 0 aliphatic heterocycles. The van der Waals surface area contributed by atoms with Crippen LogP contribution in [0, 0.1) is 0 Å². The van der Waals surface area contributed by atoms with Crippen LogP contribution in [-0.2, 0) is 16.0 Å². The Kier molecular flexibility index (Phi) is 6.27. The van der Waals surface area contributed by atoms with Crippen LogP contribution in [-0.4, -0.2) is 40.0 Å². The van der Waals surface area contributed by atoms with E-state index >= 15 is 0 Å². The highest BCUT2D eigenvalue weighted by Gasteiger charge is 2.21. The highest BCUT2D eigenvalue weighted by Crippen LogP contribution is 2.12. The number of carboxylic acids is 2. The Morgan fingerprint density at radius 2 is 1.63 bits per heavy atom. The molecule has 2 rings (SSSR count). The van der Waals surface area contributed by atoms with Crippen LogP contribution in [0.1, 0.15) is 33.2 Å². The SMILES string of the molecule is CC(=O)Nc1cccc(C(=O)N[C@H](Cc2ccc(C(=O)O)cc2)C(=O)O)c1. The van der Waals surface area contributed by atoms with Crippen molar-refractivity contribution in [3.63, 3.8) is 0 Å². The topological polar surface area (TPSA) is 133 Å². The van der Waals surface area contributed by atoms with E-state index < -0.39 is 23.9 Å². The number of rotatable bonds is 7. The van der Waals surface area contributed by atoms with E-state index in [1.165, 1.54) is 43.3 Å². The van der Waals surface area contributed by atoms with Gasteiger partial charge in [-0.15, -0.1) is 0 Å². The molecular formula is C19H18N2O6. The minimum atomic E-state index is -1.22. The summed E-state index contributed by atoms with van der Waals surface area (Å²) >= 11 is 0. The first-order valence-electron chi connectivity index (χ1n) is 8.00. The van der Waals surface area contributed by atoms with Crippen molar-refractivity contribution in [1.29, 1.82) is 0 Å². The molecule has 0 unspecified atom stereocenters. The lowest BCUT2D eigenvalue weighted by molar-refractivity contribution is -0.139. The summed E-state index contributed by atoms with van der Waals surface area (Å²) in [6.07, 6.45) is -0.00758. The van der Waals surface area contributed by atoms with E-state index in [0.717, 1.165) is 0 Å². The van der Waals surface area contributed by atoms with Gasteiger partial charge in [-0.1, -0.05) is 18.2 Å². The molecule has 0 fully saturated rings. The van der Waals surface area contributed by atoms with E-state index in [4.69, 9.17) is 5.11 Å². The van der Waals surface area contributed by atoms with Crippen molar-refractivity contribution in [1.82, 2.24) is 5.32 Å². The number of carbonyl (C=O) groups excluding carboxylic acids is 2. The molecule has 0 aliphatic carbocycles. The van der Waals surface area contributed by atoms with Crippen LogP contribution in [0.2, 0.25) is 0 Å². The van der Waals surface area contributed by atoms with Gasteiger partial charge in [0, 0.05) is 24.6 Å². The van der Waals surface area contributed by atoms with Gasteiger partial charge >= 0.3 is 11.9 Å². The number of carboxylic acid groups (broad SMARTS) is 2. The Morgan fingerprint density at radius 1 is 0.963 bits per heavy atom. The van der Waals surface area contributed by atoms with Gasteiger partial charge in [-0.2, -0.15) is 0 Å². The molecule has 0 heterocycles. The quantitative estimate of drug-likeness (QED) is 0.587. The first kappa shape index (κ1) is 19.6. The summed E-state index contributed by atoms with van der Waals surface area (Å²) in [6.45, 7) is 1.34. The zero-order valence-corrected chi connectivity index (χ0v) is 14.4. The number of anilines is 1. The van der Waals surface area contributed by atoms with E-state index in [0.29, 0.717) is 11.3 Å². The lowest BCUT2D eigenvalue weighted by Gasteiger charge is -2.15. The smallest absolute Gasteiger partial charge is 0.335 e. The van der Waals surface area contributed by atoms with Crippen molar-refractivity contribution in [3.8, 4) is 0 Å². The van der Waals surface area contributed by atoms with Crippen molar-refractivity contribution in [2.75, 3.05) is 5.32 Å². The molecule has 27 heavy (non-hydrogen) atoms. The summed E-state index contributed by atoms with van der Waals surface area (Å²) in [7, 11) is 0. The van der Waals surface area contributed by atoms with E-state index in [9.17, 15) is 24.3 Å².